The first-order valence-corrected chi connectivity index (χ1v) is 9.95. The zero-order valence-electron chi connectivity index (χ0n) is 17.3. The number of likely N-dealkylation sites (tertiary alicyclic amines) is 1. The van der Waals surface area contributed by atoms with Gasteiger partial charge in [-0.2, -0.15) is 0 Å². The number of carbonyl (C=O) groups excluding carboxylic acids is 3. The van der Waals surface area contributed by atoms with Crippen LogP contribution in [-0.4, -0.2) is 64.6 Å². The molecule has 0 unspecified atom stereocenters. The average molecular weight is 406 g/mol. The zero-order valence-corrected chi connectivity index (χ0v) is 17.3. The standard InChI is InChI=1S/C20H30N4O5/c1-4-5-7-15(12-23(28)13-25)20(27)24-11-6-8-16(24)19(26)22-18-17(29-3)10-9-14(2)21-18/h9-10,13,15-16,28H,4-8,11-12H2,1-3H3,(H,21,22,26)/t15-,16+/m1/s1. The molecular formula is C20H30N4O5. The van der Waals surface area contributed by atoms with Crippen molar-refractivity contribution in [2.24, 2.45) is 5.92 Å². The van der Waals surface area contributed by atoms with Crippen LogP contribution >= 0.6 is 0 Å². The molecule has 3 amide bonds. The van der Waals surface area contributed by atoms with Crippen LogP contribution in [0.4, 0.5) is 5.82 Å². The molecule has 1 aromatic rings. The van der Waals surface area contributed by atoms with Gasteiger partial charge in [-0.3, -0.25) is 19.6 Å². The van der Waals surface area contributed by atoms with Gasteiger partial charge in [-0.1, -0.05) is 19.8 Å². The maximum Gasteiger partial charge on any atom is 0.248 e. The number of nitrogens with zero attached hydrogens (tertiary/aromatic N) is 3. The lowest BCUT2D eigenvalue weighted by Gasteiger charge is -2.29. The molecule has 2 N–H and O–H groups in total. The van der Waals surface area contributed by atoms with Crippen LogP contribution in [-0.2, 0) is 14.4 Å². The summed E-state index contributed by atoms with van der Waals surface area (Å²) in [6.45, 7) is 4.20. The number of aromatic nitrogens is 1. The van der Waals surface area contributed by atoms with Crippen molar-refractivity contribution in [2.45, 2.75) is 52.0 Å². The molecule has 0 aliphatic carbocycles. The monoisotopic (exact) mass is 406 g/mol. The number of aryl methyl sites for hydroxylation is 1. The number of ether oxygens (including phenoxy) is 1. The van der Waals surface area contributed by atoms with Crippen LogP contribution in [0.3, 0.4) is 0 Å². The Balaban J connectivity index is 2.14. The molecule has 0 aromatic carbocycles. The van der Waals surface area contributed by atoms with Gasteiger partial charge in [0.05, 0.1) is 19.6 Å². The third-order valence-electron chi connectivity index (χ3n) is 5.08. The first kappa shape index (κ1) is 22.6. The lowest BCUT2D eigenvalue weighted by Crippen LogP contribution is -2.47. The summed E-state index contributed by atoms with van der Waals surface area (Å²) >= 11 is 0. The smallest absolute Gasteiger partial charge is 0.248 e. The Kier molecular flexibility index (Phi) is 8.38. The van der Waals surface area contributed by atoms with E-state index in [1.165, 1.54) is 7.11 Å². The second-order valence-electron chi connectivity index (χ2n) is 7.25. The van der Waals surface area contributed by atoms with Gasteiger partial charge in [0, 0.05) is 12.2 Å². The molecule has 1 fully saturated rings. The predicted octanol–water partition coefficient (Wildman–Crippen LogP) is 1.98. The van der Waals surface area contributed by atoms with Crippen molar-refractivity contribution in [1.29, 1.82) is 0 Å². The van der Waals surface area contributed by atoms with Gasteiger partial charge in [0.25, 0.3) is 0 Å². The first-order chi connectivity index (χ1) is 13.9. The summed E-state index contributed by atoms with van der Waals surface area (Å²) < 4.78 is 5.25. The van der Waals surface area contributed by atoms with E-state index < -0.39 is 12.0 Å². The van der Waals surface area contributed by atoms with Gasteiger partial charge >= 0.3 is 0 Å². The quantitative estimate of drug-likeness (QED) is 0.349. The predicted molar refractivity (Wildman–Crippen MR) is 106 cm³/mol. The molecule has 29 heavy (non-hydrogen) atoms. The van der Waals surface area contributed by atoms with E-state index in [1.807, 2.05) is 13.8 Å². The average Bonchev–Trinajstić information content (AvgIpc) is 3.20. The van der Waals surface area contributed by atoms with E-state index in [1.54, 1.807) is 17.0 Å². The summed E-state index contributed by atoms with van der Waals surface area (Å²) in [5, 5.41) is 12.8. The second-order valence-corrected chi connectivity index (χ2v) is 7.25. The third kappa shape index (κ3) is 5.90. The van der Waals surface area contributed by atoms with Gasteiger partial charge in [0.2, 0.25) is 18.2 Å². The molecule has 2 atom stereocenters. The lowest BCUT2D eigenvalue weighted by molar-refractivity contribution is -0.157. The topological polar surface area (TPSA) is 112 Å². The highest BCUT2D eigenvalue weighted by atomic mass is 16.5. The summed E-state index contributed by atoms with van der Waals surface area (Å²) in [5.74, 6) is -0.326. The molecule has 9 nitrogen and oxygen atoms in total. The SMILES string of the molecule is CCCC[C@H](CN(O)C=O)C(=O)N1CCC[C@H]1C(=O)Nc1nc(C)ccc1OC. The lowest BCUT2D eigenvalue weighted by atomic mass is 9.99. The van der Waals surface area contributed by atoms with E-state index in [0.717, 1.165) is 18.5 Å². The Hall–Kier alpha value is -2.68. The fraction of sp³-hybridized carbons (Fsp3) is 0.600. The minimum absolute atomic E-state index is 0.0829. The molecule has 160 valence electrons. The Morgan fingerprint density at radius 2 is 2.24 bits per heavy atom. The number of anilines is 1. The van der Waals surface area contributed by atoms with Crippen LogP contribution in [0, 0.1) is 12.8 Å². The molecule has 0 radical (unpaired) electrons. The number of carbonyl (C=O) groups is 3. The summed E-state index contributed by atoms with van der Waals surface area (Å²) in [6.07, 6.45) is 3.76. The second kappa shape index (κ2) is 10.8. The van der Waals surface area contributed by atoms with Crippen LogP contribution in [0.5, 0.6) is 5.75 Å². The van der Waals surface area contributed by atoms with Crippen molar-refractivity contribution >= 4 is 24.0 Å². The Labute approximate surface area is 171 Å². The van der Waals surface area contributed by atoms with Crippen molar-refractivity contribution in [3.63, 3.8) is 0 Å². The van der Waals surface area contributed by atoms with Gasteiger partial charge in [0.1, 0.15) is 6.04 Å². The molecule has 2 rings (SSSR count). The van der Waals surface area contributed by atoms with Gasteiger partial charge in [-0.25, -0.2) is 10.0 Å². The van der Waals surface area contributed by atoms with E-state index in [9.17, 15) is 19.6 Å². The summed E-state index contributed by atoms with van der Waals surface area (Å²) in [5.41, 5.74) is 0.733. The largest absolute Gasteiger partial charge is 0.493 e. The fourth-order valence-electron chi connectivity index (χ4n) is 3.55. The zero-order chi connectivity index (χ0) is 21.4. The normalized spacial score (nSPS) is 17.0. The molecule has 0 saturated carbocycles. The van der Waals surface area contributed by atoms with Crippen LogP contribution in [0.15, 0.2) is 12.1 Å². The molecule has 1 aromatic heterocycles. The first-order valence-electron chi connectivity index (χ1n) is 9.95. The molecule has 0 spiro atoms. The summed E-state index contributed by atoms with van der Waals surface area (Å²) in [6, 6.07) is 2.89. The maximum absolute atomic E-state index is 13.1. The van der Waals surface area contributed by atoms with E-state index in [2.05, 4.69) is 10.3 Å². The van der Waals surface area contributed by atoms with Crippen molar-refractivity contribution in [3.8, 4) is 5.75 Å². The van der Waals surface area contributed by atoms with Crippen LogP contribution < -0.4 is 10.1 Å². The highest BCUT2D eigenvalue weighted by Gasteiger charge is 2.37. The van der Waals surface area contributed by atoms with Crippen LogP contribution in [0.1, 0.15) is 44.7 Å². The van der Waals surface area contributed by atoms with Gasteiger partial charge in [-0.05, 0) is 38.3 Å². The number of nitrogens with one attached hydrogen (secondary N) is 1. The molecule has 9 heteroatoms. The summed E-state index contributed by atoms with van der Waals surface area (Å²) in [4.78, 5) is 42.7. The molecule has 2 heterocycles. The maximum atomic E-state index is 13.1. The number of hydroxylamine groups is 2. The van der Waals surface area contributed by atoms with E-state index >= 15 is 0 Å². The van der Waals surface area contributed by atoms with Gasteiger partial charge in [0.15, 0.2) is 11.6 Å². The van der Waals surface area contributed by atoms with Gasteiger partial charge < -0.3 is 15.0 Å². The molecule has 1 aliphatic rings. The highest BCUT2D eigenvalue weighted by Crippen LogP contribution is 2.26. The van der Waals surface area contributed by atoms with Crippen molar-refractivity contribution in [3.05, 3.63) is 17.8 Å². The number of amides is 3. The Morgan fingerprint density at radius 1 is 1.48 bits per heavy atom. The number of pyridine rings is 1. The van der Waals surface area contributed by atoms with Crippen molar-refractivity contribution in [1.82, 2.24) is 14.9 Å². The van der Waals surface area contributed by atoms with Crippen molar-refractivity contribution < 1.29 is 24.3 Å². The highest BCUT2D eigenvalue weighted by molar-refractivity contribution is 5.98. The van der Waals surface area contributed by atoms with E-state index in [-0.39, 0.29) is 24.8 Å². The number of rotatable bonds is 10. The summed E-state index contributed by atoms with van der Waals surface area (Å²) in [7, 11) is 1.50. The number of hydrogen-bond acceptors (Lipinski definition) is 6. The van der Waals surface area contributed by atoms with Crippen LogP contribution in [0.25, 0.3) is 0 Å². The minimum atomic E-state index is -0.623. The fourth-order valence-corrected chi connectivity index (χ4v) is 3.55. The molecular weight excluding hydrogens is 376 g/mol. The van der Waals surface area contributed by atoms with Gasteiger partial charge in [-0.15, -0.1) is 0 Å². The number of unbranched alkanes of at least 4 members (excludes halogenated alkanes) is 1. The third-order valence-corrected chi connectivity index (χ3v) is 5.08. The van der Waals surface area contributed by atoms with Crippen LogP contribution in [0.2, 0.25) is 0 Å². The molecule has 1 aliphatic heterocycles. The molecule has 1 saturated heterocycles. The van der Waals surface area contributed by atoms with Crippen molar-refractivity contribution in [2.75, 3.05) is 25.5 Å². The van der Waals surface area contributed by atoms with E-state index in [4.69, 9.17) is 4.74 Å². The Bertz CT molecular complexity index is 727. The Morgan fingerprint density at radius 3 is 2.90 bits per heavy atom. The number of methoxy groups -OCH3 is 1. The number of hydrogen-bond donors (Lipinski definition) is 2. The minimum Gasteiger partial charge on any atom is -0.493 e. The van der Waals surface area contributed by atoms with E-state index in [0.29, 0.717) is 42.4 Å². The molecule has 0 bridgehead atoms.